The molecule has 0 radical (unpaired) electrons. The molecular weight excluding hydrogens is 414 g/mol. The first kappa shape index (κ1) is 23.0. The van der Waals surface area contributed by atoms with Gasteiger partial charge in [0.05, 0.1) is 11.2 Å². The van der Waals surface area contributed by atoms with E-state index in [0.717, 1.165) is 10.9 Å². The molecule has 7 nitrogen and oxygen atoms in total. The summed E-state index contributed by atoms with van der Waals surface area (Å²) >= 11 is 0. The normalized spacial score (nSPS) is 12.4. The molecule has 0 aliphatic heterocycles. The van der Waals surface area contributed by atoms with E-state index in [2.05, 4.69) is 10.3 Å². The number of fused-ring (bicyclic) bond motifs is 1. The summed E-state index contributed by atoms with van der Waals surface area (Å²) in [7, 11) is -3.74. The molecule has 0 aliphatic rings. The number of furan rings is 1. The van der Waals surface area contributed by atoms with Crippen molar-refractivity contribution in [1.29, 1.82) is 0 Å². The lowest BCUT2D eigenvalue weighted by molar-refractivity contribution is -0.122. The second-order valence-corrected chi connectivity index (χ2v) is 10.7. The molecule has 8 heteroatoms. The molecule has 1 aromatic carbocycles. The number of nitrogens with zero attached hydrogens (tertiary/aromatic N) is 2. The molecule has 0 spiro atoms. The number of sulfonamides is 1. The predicted molar refractivity (Wildman–Crippen MR) is 120 cm³/mol. The van der Waals surface area contributed by atoms with Crippen LogP contribution in [-0.4, -0.2) is 36.7 Å². The van der Waals surface area contributed by atoms with Gasteiger partial charge in [-0.3, -0.25) is 9.78 Å². The van der Waals surface area contributed by atoms with E-state index in [1.165, 1.54) is 10.6 Å². The molecule has 0 fully saturated rings. The van der Waals surface area contributed by atoms with E-state index in [-0.39, 0.29) is 29.3 Å². The summed E-state index contributed by atoms with van der Waals surface area (Å²) in [5.74, 6) is -0.0264. The number of rotatable bonds is 9. The third-order valence-corrected chi connectivity index (χ3v) is 6.61. The van der Waals surface area contributed by atoms with Gasteiger partial charge in [0.2, 0.25) is 15.9 Å². The van der Waals surface area contributed by atoms with Crippen LogP contribution >= 0.6 is 0 Å². The van der Waals surface area contributed by atoms with Gasteiger partial charge in [-0.1, -0.05) is 20.8 Å². The Morgan fingerprint density at radius 3 is 2.58 bits per heavy atom. The lowest BCUT2D eigenvalue weighted by atomic mass is 9.92. The van der Waals surface area contributed by atoms with Crippen LogP contribution in [0.5, 0.6) is 0 Å². The minimum atomic E-state index is -3.74. The number of pyridine rings is 1. The maximum Gasteiger partial charge on any atom is 0.243 e. The van der Waals surface area contributed by atoms with Gasteiger partial charge < -0.3 is 9.73 Å². The van der Waals surface area contributed by atoms with E-state index in [0.29, 0.717) is 25.0 Å². The number of carbonyl (C=O) groups is 1. The third-order valence-electron chi connectivity index (χ3n) is 4.77. The average Bonchev–Trinajstić information content (AvgIpc) is 3.17. The van der Waals surface area contributed by atoms with Gasteiger partial charge >= 0.3 is 0 Å². The molecule has 1 N–H and O–H groups in total. The first-order valence-corrected chi connectivity index (χ1v) is 11.7. The van der Waals surface area contributed by atoms with E-state index in [1.54, 1.807) is 48.8 Å². The average molecular weight is 444 g/mol. The van der Waals surface area contributed by atoms with Crippen molar-refractivity contribution in [3.05, 3.63) is 60.6 Å². The Kier molecular flexibility index (Phi) is 7.12. The summed E-state index contributed by atoms with van der Waals surface area (Å²) in [4.78, 5) is 16.3. The summed E-state index contributed by atoms with van der Waals surface area (Å²) in [6.45, 7) is 6.94. The summed E-state index contributed by atoms with van der Waals surface area (Å²) in [6.07, 6.45) is 5.76. The molecule has 0 saturated heterocycles. The molecule has 31 heavy (non-hydrogen) atoms. The minimum absolute atomic E-state index is 0.0264. The topological polar surface area (TPSA) is 92.5 Å². The first-order valence-electron chi connectivity index (χ1n) is 10.3. The fourth-order valence-electron chi connectivity index (χ4n) is 3.26. The largest absolute Gasteiger partial charge is 0.464 e. The van der Waals surface area contributed by atoms with Crippen molar-refractivity contribution in [3.63, 3.8) is 0 Å². The Balaban J connectivity index is 1.73. The zero-order valence-electron chi connectivity index (χ0n) is 18.2. The van der Waals surface area contributed by atoms with Crippen LogP contribution in [-0.2, 0) is 21.4 Å². The fraction of sp³-hybridized carbons (Fsp3) is 0.391. The SMILES string of the molecule is CC(C)(C)CC(=O)NCCCN(Cc1ccncc1)S(=O)(=O)c1ccc2occc2c1. The highest BCUT2D eigenvalue weighted by molar-refractivity contribution is 7.89. The summed E-state index contributed by atoms with van der Waals surface area (Å²) in [6, 6.07) is 10.2. The van der Waals surface area contributed by atoms with Crippen molar-refractivity contribution in [2.75, 3.05) is 13.1 Å². The van der Waals surface area contributed by atoms with E-state index in [9.17, 15) is 13.2 Å². The standard InChI is InChI=1S/C23H29N3O4S/c1-23(2,3)16-22(27)25-10-4-13-26(17-18-7-11-24-12-8-18)31(28,29)20-5-6-21-19(15-20)9-14-30-21/h5-9,11-12,14-15H,4,10,13,16-17H2,1-3H3,(H,25,27). The Morgan fingerprint density at radius 2 is 1.87 bits per heavy atom. The molecule has 3 rings (SSSR count). The molecule has 2 aromatic heterocycles. The van der Waals surface area contributed by atoms with Crippen LogP contribution in [0.15, 0.2) is 64.4 Å². The van der Waals surface area contributed by atoms with Crippen LogP contribution in [0.3, 0.4) is 0 Å². The second kappa shape index (κ2) is 9.62. The van der Waals surface area contributed by atoms with Gasteiger partial charge in [0.1, 0.15) is 5.58 Å². The van der Waals surface area contributed by atoms with E-state index in [1.807, 2.05) is 20.8 Å². The van der Waals surface area contributed by atoms with Gasteiger partial charge in [0.25, 0.3) is 0 Å². The third kappa shape index (κ3) is 6.38. The van der Waals surface area contributed by atoms with Crippen LogP contribution < -0.4 is 5.32 Å². The zero-order valence-corrected chi connectivity index (χ0v) is 19.0. The van der Waals surface area contributed by atoms with Gasteiger partial charge in [-0.05, 0) is 53.8 Å². The Morgan fingerprint density at radius 1 is 1.13 bits per heavy atom. The minimum Gasteiger partial charge on any atom is -0.464 e. The maximum atomic E-state index is 13.4. The molecule has 0 aliphatic carbocycles. The number of aromatic nitrogens is 1. The number of hydrogen-bond donors (Lipinski definition) is 1. The van der Waals surface area contributed by atoms with Gasteiger partial charge in [-0.2, -0.15) is 4.31 Å². The highest BCUT2D eigenvalue weighted by Gasteiger charge is 2.25. The van der Waals surface area contributed by atoms with Crippen molar-refractivity contribution in [1.82, 2.24) is 14.6 Å². The fourth-order valence-corrected chi connectivity index (χ4v) is 4.76. The van der Waals surface area contributed by atoms with Crippen molar-refractivity contribution < 1.29 is 17.6 Å². The lowest BCUT2D eigenvalue weighted by Crippen LogP contribution is -2.34. The van der Waals surface area contributed by atoms with Crippen molar-refractivity contribution in [2.45, 2.75) is 45.1 Å². The predicted octanol–water partition coefficient (Wildman–Crippen LogP) is 3.96. The molecule has 1 amide bonds. The molecule has 0 atom stereocenters. The van der Waals surface area contributed by atoms with Gasteiger partial charge in [0, 0.05) is 43.8 Å². The zero-order chi connectivity index (χ0) is 22.5. The van der Waals surface area contributed by atoms with E-state index < -0.39 is 10.0 Å². The van der Waals surface area contributed by atoms with Crippen LogP contribution in [0.2, 0.25) is 0 Å². The van der Waals surface area contributed by atoms with Crippen molar-refractivity contribution >= 4 is 26.9 Å². The number of carbonyl (C=O) groups excluding carboxylic acids is 1. The van der Waals surface area contributed by atoms with Crippen LogP contribution in [0, 0.1) is 5.41 Å². The Bertz CT molecular complexity index is 1120. The second-order valence-electron chi connectivity index (χ2n) is 8.76. The monoisotopic (exact) mass is 443 g/mol. The summed E-state index contributed by atoms with van der Waals surface area (Å²) < 4.78 is 33.6. The molecule has 3 aromatic rings. The van der Waals surface area contributed by atoms with Gasteiger partial charge in [-0.25, -0.2) is 8.42 Å². The maximum absolute atomic E-state index is 13.4. The first-order chi connectivity index (χ1) is 14.6. The van der Waals surface area contributed by atoms with E-state index in [4.69, 9.17) is 4.42 Å². The molecule has 0 saturated carbocycles. The van der Waals surface area contributed by atoms with Gasteiger partial charge in [0.15, 0.2) is 0 Å². The number of benzene rings is 1. The summed E-state index contributed by atoms with van der Waals surface area (Å²) in [5.41, 5.74) is 1.40. The molecule has 166 valence electrons. The van der Waals surface area contributed by atoms with Crippen LogP contribution in [0.1, 0.15) is 39.2 Å². The Labute approximate surface area is 183 Å². The Hall–Kier alpha value is -2.71. The number of hydrogen-bond acceptors (Lipinski definition) is 5. The highest BCUT2D eigenvalue weighted by atomic mass is 32.2. The molecule has 0 unspecified atom stereocenters. The smallest absolute Gasteiger partial charge is 0.243 e. The van der Waals surface area contributed by atoms with E-state index >= 15 is 0 Å². The molecule has 0 bridgehead atoms. The summed E-state index contributed by atoms with van der Waals surface area (Å²) in [5, 5.41) is 3.62. The van der Waals surface area contributed by atoms with Crippen LogP contribution in [0.4, 0.5) is 0 Å². The highest BCUT2D eigenvalue weighted by Crippen LogP contribution is 2.24. The van der Waals surface area contributed by atoms with Crippen LogP contribution in [0.25, 0.3) is 11.0 Å². The lowest BCUT2D eigenvalue weighted by Gasteiger charge is -2.23. The van der Waals surface area contributed by atoms with Crippen molar-refractivity contribution in [3.8, 4) is 0 Å². The quantitative estimate of drug-likeness (QED) is 0.505. The number of amides is 1. The number of nitrogens with one attached hydrogen (secondary N) is 1. The van der Waals surface area contributed by atoms with Gasteiger partial charge in [-0.15, -0.1) is 0 Å². The van der Waals surface area contributed by atoms with Crippen molar-refractivity contribution in [2.24, 2.45) is 5.41 Å². The molecule has 2 heterocycles. The molecular formula is C23H29N3O4S.